The maximum atomic E-state index is 12.1. The van der Waals surface area contributed by atoms with Crippen molar-refractivity contribution in [3.05, 3.63) is 42.7 Å². The lowest BCUT2D eigenvalue weighted by molar-refractivity contribution is -0.117. The van der Waals surface area contributed by atoms with Crippen LogP contribution in [0.25, 0.3) is 0 Å². The number of ether oxygens (including phenoxy) is 2. The molecule has 0 saturated heterocycles. The van der Waals surface area contributed by atoms with Crippen molar-refractivity contribution in [3.8, 4) is 11.5 Å². The van der Waals surface area contributed by atoms with Crippen LogP contribution < -0.4 is 14.5 Å². The van der Waals surface area contributed by atoms with Crippen molar-refractivity contribution in [2.75, 3.05) is 24.4 Å². The standard InChI is InChI=1S/C15H16N4O3S/c1-3-8-18-14(20)10-23-15-17-16-13(19(15)18)9-22-12-7-5-4-6-11(12)21-2/h3-7H,1,8-10H2,2H3. The molecule has 23 heavy (non-hydrogen) atoms. The number of hydrogen-bond donors (Lipinski definition) is 0. The van der Waals surface area contributed by atoms with E-state index in [1.54, 1.807) is 22.9 Å². The van der Waals surface area contributed by atoms with E-state index in [0.717, 1.165) is 0 Å². The van der Waals surface area contributed by atoms with Crippen LogP contribution in [0.4, 0.5) is 0 Å². The highest BCUT2D eigenvalue weighted by Crippen LogP contribution is 2.28. The first kappa shape index (κ1) is 15.4. The van der Waals surface area contributed by atoms with Gasteiger partial charge in [0.05, 0.1) is 19.4 Å². The van der Waals surface area contributed by atoms with Crippen molar-refractivity contribution in [1.82, 2.24) is 14.9 Å². The van der Waals surface area contributed by atoms with Gasteiger partial charge in [-0.2, -0.15) is 0 Å². The number of nitrogens with zero attached hydrogens (tertiary/aromatic N) is 4. The van der Waals surface area contributed by atoms with Crippen LogP contribution in [0.5, 0.6) is 11.5 Å². The van der Waals surface area contributed by atoms with Crippen LogP contribution in [0.2, 0.25) is 0 Å². The highest BCUT2D eigenvalue weighted by Gasteiger charge is 2.28. The minimum absolute atomic E-state index is 0.0132. The van der Waals surface area contributed by atoms with E-state index in [0.29, 0.717) is 34.8 Å². The van der Waals surface area contributed by atoms with Crippen LogP contribution in [0, 0.1) is 0 Å². The molecule has 0 aliphatic carbocycles. The molecule has 2 heterocycles. The SMILES string of the molecule is C=CCN1C(=O)CSc2nnc(COc3ccccc3OC)n21. The number of hydrogen-bond acceptors (Lipinski definition) is 6. The summed E-state index contributed by atoms with van der Waals surface area (Å²) in [5.74, 6) is 2.13. The Hall–Kier alpha value is -2.48. The summed E-state index contributed by atoms with van der Waals surface area (Å²) in [6.45, 7) is 4.26. The van der Waals surface area contributed by atoms with Crippen molar-refractivity contribution in [3.63, 3.8) is 0 Å². The summed E-state index contributed by atoms with van der Waals surface area (Å²) in [6, 6.07) is 7.36. The molecule has 1 aromatic carbocycles. The molecule has 0 radical (unpaired) electrons. The smallest absolute Gasteiger partial charge is 0.252 e. The minimum atomic E-state index is -0.0132. The second-order valence-corrected chi connectivity index (χ2v) is 5.65. The molecule has 1 amide bonds. The Kier molecular flexibility index (Phi) is 4.52. The van der Waals surface area contributed by atoms with Gasteiger partial charge < -0.3 is 9.47 Å². The van der Waals surface area contributed by atoms with Crippen molar-refractivity contribution in [1.29, 1.82) is 0 Å². The van der Waals surface area contributed by atoms with Crippen LogP contribution >= 0.6 is 11.8 Å². The molecule has 3 rings (SSSR count). The van der Waals surface area contributed by atoms with Gasteiger partial charge in [-0.1, -0.05) is 30.0 Å². The Bertz CT molecular complexity index is 731. The van der Waals surface area contributed by atoms with Gasteiger partial charge in [-0.25, -0.2) is 9.69 Å². The van der Waals surface area contributed by atoms with Gasteiger partial charge in [-0.15, -0.1) is 16.8 Å². The molecule has 0 atom stereocenters. The lowest BCUT2D eigenvalue weighted by atomic mass is 10.3. The Morgan fingerprint density at radius 1 is 1.35 bits per heavy atom. The van der Waals surface area contributed by atoms with Gasteiger partial charge in [0, 0.05) is 0 Å². The molecule has 0 N–H and O–H groups in total. The summed E-state index contributed by atoms with van der Waals surface area (Å²) >= 11 is 1.36. The molecule has 120 valence electrons. The number of para-hydroxylation sites is 2. The molecule has 1 aromatic heterocycles. The predicted octanol–water partition coefficient (Wildman–Crippen LogP) is 1.62. The zero-order chi connectivity index (χ0) is 16.2. The fraction of sp³-hybridized carbons (Fsp3) is 0.267. The first-order valence-corrected chi connectivity index (χ1v) is 7.97. The Balaban J connectivity index is 1.83. The van der Waals surface area contributed by atoms with Crippen LogP contribution in [0.1, 0.15) is 5.82 Å². The zero-order valence-electron chi connectivity index (χ0n) is 12.6. The summed E-state index contributed by atoms with van der Waals surface area (Å²) in [6.07, 6.45) is 1.67. The lowest BCUT2D eigenvalue weighted by Gasteiger charge is -2.27. The molecule has 0 spiro atoms. The normalized spacial score (nSPS) is 13.6. The molecular weight excluding hydrogens is 316 g/mol. The Morgan fingerprint density at radius 2 is 2.13 bits per heavy atom. The van der Waals surface area contributed by atoms with E-state index in [4.69, 9.17) is 9.47 Å². The third kappa shape index (κ3) is 3.02. The topological polar surface area (TPSA) is 69.5 Å². The molecule has 0 fully saturated rings. The maximum Gasteiger partial charge on any atom is 0.252 e. The monoisotopic (exact) mass is 332 g/mol. The predicted molar refractivity (Wildman–Crippen MR) is 86.4 cm³/mol. The van der Waals surface area contributed by atoms with Gasteiger partial charge in [0.15, 0.2) is 17.3 Å². The van der Waals surface area contributed by atoms with Gasteiger partial charge in [0.2, 0.25) is 5.16 Å². The Labute approximate surface area is 137 Å². The van der Waals surface area contributed by atoms with Crippen LogP contribution in [0.15, 0.2) is 42.1 Å². The third-order valence-electron chi connectivity index (χ3n) is 3.26. The molecule has 1 aliphatic rings. The van der Waals surface area contributed by atoms with Crippen molar-refractivity contribution in [2.24, 2.45) is 0 Å². The summed E-state index contributed by atoms with van der Waals surface area (Å²) in [5, 5.41) is 10.5. The van der Waals surface area contributed by atoms with Gasteiger partial charge in [0.25, 0.3) is 5.91 Å². The van der Waals surface area contributed by atoms with Gasteiger partial charge >= 0.3 is 0 Å². The molecular formula is C15H16N4O3S. The molecule has 2 aromatic rings. The number of thioether (sulfide) groups is 1. The van der Waals surface area contributed by atoms with Crippen molar-refractivity contribution in [2.45, 2.75) is 11.8 Å². The minimum Gasteiger partial charge on any atom is -0.493 e. The highest BCUT2D eigenvalue weighted by atomic mass is 32.2. The number of amides is 1. The maximum absolute atomic E-state index is 12.1. The van der Waals surface area contributed by atoms with Crippen LogP contribution in [-0.4, -0.2) is 40.2 Å². The number of fused-ring (bicyclic) bond motifs is 1. The quantitative estimate of drug-likeness (QED) is 0.749. The number of carbonyl (C=O) groups is 1. The number of benzene rings is 1. The number of carbonyl (C=O) groups excluding carboxylic acids is 1. The fourth-order valence-electron chi connectivity index (χ4n) is 2.22. The fourth-order valence-corrected chi connectivity index (χ4v) is 3.04. The van der Waals surface area contributed by atoms with Crippen molar-refractivity contribution < 1.29 is 14.3 Å². The number of aromatic nitrogens is 3. The van der Waals surface area contributed by atoms with E-state index < -0.39 is 0 Å². The molecule has 0 bridgehead atoms. The molecule has 0 saturated carbocycles. The molecule has 8 heteroatoms. The average molecular weight is 332 g/mol. The zero-order valence-corrected chi connectivity index (χ0v) is 13.5. The molecule has 7 nitrogen and oxygen atoms in total. The number of rotatable bonds is 6. The summed E-state index contributed by atoms with van der Waals surface area (Å²) in [5.41, 5.74) is 0. The summed E-state index contributed by atoms with van der Waals surface area (Å²) in [7, 11) is 1.59. The highest BCUT2D eigenvalue weighted by molar-refractivity contribution is 7.99. The second-order valence-electron chi connectivity index (χ2n) is 4.70. The van der Waals surface area contributed by atoms with Crippen LogP contribution in [0.3, 0.4) is 0 Å². The molecule has 0 unspecified atom stereocenters. The van der Waals surface area contributed by atoms with E-state index in [-0.39, 0.29) is 12.5 Å². The van der Waals surface area contributed by atoms with E-state index >= 15 is 0 Å². The van der Waals surface area contributed by atoms with E-state index in [1.807, 2.05) is 24.3 Å². The van der Waals surface area contributed by atoms with Crippen molar-refractivity contribution >= 4 is 17.7 Å². The Morgan fingerprint density at radius 3 is 2.87 bits per heavy atom. The van der Waals surface area contributed by atoms with Gasteiger partial charge in [0.1, 0.15) is 6.61 Å². The largest absolute Gasteiger partial charge is 0.493 e. The van der Waals surface area contributed by atoms with Gasteiger partial charge in [-0.3, -0.25) is 4.79 Å². The summed E-state index contributed by atoms with van der Waals surface area (Å²) < 4.78 is 12.7. The third-order valence-corrected chi connectivity index (χ3v) is 4.16. The first-order valence-electron chi connectivity index (χ1n) is 6.99. The average Bonchev–Trinajstić information content (AvgIpc) is 2.99. The van der Waals surface area contributed by atoms with E-state index in [1.165, 1.54) is 11.8 Å². The second kappa shape index (κ2) is 6.74. The summed E-state index contributed by atoms with van der Waals surface area (Å²) in [4.78, 5) is 12.1. The van der Waals surface area contributed by atoms with E-state index in [9.17, 15) is 4.79 Å². The van der Waals surface area contributed by atoms with Crippen LogP contribution in [-0.2, 0) is 11.4 Å². The lowest BCUT2D eigenvalue weighted by Crippen LogP contribution is -2.45. The first-order chi connectivity index (χ1) is 11.2. The molecule has 1 aliphatic heterocycles. The van der Waals surface area contributed by atoms with E-state index in [2.05, 4.69) is 16.8 Å². The van der Waals surface area contributed by atoms with Gasteiger partial charge in [-0.05, 0) is 12.1 Å². The number of methoxy groups -OCH3 is 1.